The van der Waals surface area contributed by atoms with Crippen LogP contribution in [0.25, 0.3) is 0 Å². The molecule has 0 atom stereocenters. The van der Waals surface area contributed by atoms with Crippen LogP contribution in [0.2, 0.25) is 0 Å². The van der Waals surface area contributed by atoms with Crippen LogP contribution in [0.15, 0.2) is 0 Å². The topological polar surface area (TPSA) is 214 Å². The summed E-state index contributed by atoms with van der Waals surface area (Å²) in [6.45, 7) is 0. The van der Waals surface area contributed by atoms with E-state index >= 15 is 0 Å². The van der Waals surface area contributed by atoms with Crippen LogP contribution in [-0.2, 0) is 29.2 Å². The Labute approximate surface area is 145 Å². The minimum absolute atomic E-state index is 0. The third-order valence-corrected chi connectivity index (χ3v) is 1.73. The Morgan fingerprint density at radius 1 is 0.722 bits per heavy atom. The minimum atomic E-state index is -5.87. The van der Waals surface area contributed by atoms with Gasteiger partial charge in [0.1, 0.15) is 0 Å². The monoisotopic (exact) mass is 330 g/mol. The fourth-order valence-corrected chi connectivity index (χ4v) is 1.18. The predicted molar refractivity (Wildman–Crippen MR) is 35.9 cm³/mol. The van der Waals surface area contributed by atoms with E-state index < -0.39 is 32.7 Å². The Morgan fingerprint density at radius 3 is 1.00 bits per heavy atom. The number of aliphatic hydroxyl groups is 4. The summed E-state index contributed by atoms with van der Waals surface area (Å²) in [5.74, 6) is -9.41. The Bertz CT molecular complexity index is 402. The van der Waals surface area contributed by atoms with Gasteiger partial charge in [0.2, 0.25) is 20.8 Å². The summed E-state index contributed by atoms with van der Waals surface area (Å²) < 4.78 is 64.6. The maximum Gasteiger partial charge on any atom is 1.00 e. The molecular formula is C2H4Na2O12S2. The third-order valence-electron chi connectivity index (χ3n) is 0.861. The van der Waals surface area contributed by atoms with Gasteiger partial charge in [-0.25, -0.2) is 25.2 Å². The normalized spacial score (nSPS) is 13.4. The summed E-state index contributed by atoms with van der Waals surface area (Å²) in [5.41, 5.74) is 0. The minimum Gasteiger partial charge on any atom is -0.725 e. The van der Waals surface area contributed by atoms with E-state index in [-0.39, 0.29) is 59.1 Å². The van der Waals surface area contributed by atoms with Gasteiger partial charge in [0.05, 0.1) is 0 Å². The van der Waals surface area contributed by atoms with Crippen molar-refractivity contribution in [3.05, 3.63) is 0 Å². The average molecular weight is 330 g/mol. The molecule has 0 amide bonds. The van der Waals surface area contributed by atoms with E-state index in [1.807, 2.05) is 0 Å². The zero-order chi connectivity index (χ0) is 13.4. The fourth-order valence-electron chi connectivity index (χ4n) is 0.393. The Kier molecular flexibility index (Phi) is 10.3. The molecule has 0 spiro atoms. The van der Waals surface area contributed by atoms with Crippen LogP contribution in [0.4, 0.5) is 0 Å². The van der Waals surface area contributed by atoms with E-state index in [0.29, 0.717) is 0 Å². The van der Waals surface area contributed by atoms with Crippen molar-refractivity contribution in [2.24, 2.45) is 0 Å². The van der Waals surface area contributed by atoms with Crippen LogP contribution in [0.5, 0.6) is 0 Å². The zero-order valence-corrected chi connectivity index (χ0v) is 14.5. The first-order valence-corrected chi connectivity index (χ1v) is 5.55. The molecule has 0 aromatic carbocycles. The van der Waals surface area contributed by atoms with Gasteiger partial charge in [0.25, 0.3) is 0 Å². The van der Waals surface area contributed by atoms with E-state index in [1.165, 1.54) is 0 Å². The largest absolute Gasteiger partial charge is 1.00 e. The molecule has 12 nitrogen and oxygen atoms in total. The molecule has 0 aromatic heterocycles. The molecule has 0 radical (unpaired) electrons. The van der Waals surface area contributed by atoms with Crippen LogP contribution < -0.4 is 59.1 Å². The second-order valence-electron chi connectivity index (χ2n) is 2.20. The summed E-state index contributed by atoms with van der Waals surface area (Å²) in [6.07, 6.45) is 0. The van der Waals surface area contributed by atoms with Crippen molar-refractivity contribution < 1.29 is 114 Å². The molecule has 0 bridgehead atoms. The third kappa shape index (κ3) is 9.48. The van der Waals surface area contributed by atoms with Crippen molar-refractivity contribution in [3.63, 3.8) is 0 Å². The molecule has 18 heavy (non-hydrogen) atoms. The van der Waals surface area contributed by atoms with E-state index in [2.05, 4.69) is 8.37 Å². The Morgan fingerprint density at radius 2 is 0.889 bits per heavy atom. The zero-order valence-electron chi connectivity index (χ0n) is 8.87. The molecule has 0 aliphatic rings. The van der Waals surface area contributed by atoms with E-state index in [4.69, 9.17) is 20.4 Å². The Balaban J connectivity index is -0.00000112. The van der Waals surface area contributed by atoms with Gasteiger partial charge >= 0.3 is 71.1 Å². The molecule has 0 aliphatic carbocycles. The van der Waals surface area contributed by atoms with Crippen molar-refractivity contribution in [2.45, 2.75) is 11.9 Å². The molecule has 4 N–H and O–H groups in total. The molecular weight excluding hydrogens is 326 g/mol. The van der Waals surface area contributed by atoms with Gasteiger partial charge in [-0.3, -0.25) is 0 Å². The number of hydrogen-bond donors (Lipinski definition) is 4. The van der Waals surface area contributed by atoms with Crippen molar-refractivity contribution >= 4 is 20.8 Å². The second-order valence-corrected chi connectivity index (χ2v) is 4.17. The first kappa shape index (κ1) is 24.6. The van der Waals surface area contributed by atoms with Gasteiger partial charge < -0.3 is 29.5 Å². The summed E-state index contributed by atoms with van der Waals surface area (Å²) in [4.78, 5) is 0. The second kappa shape index (κ2) is 7.55. The molecule has 0 aromatic rings. The van der Waals surface area contributed by atoms with Crippen LogP contribution in [0.3, 0.4) is 0 Å². The quantitative estimate of drug-likeness (QED) is 0.160. The van der Waals surface area contributed by atoms with Crippen molar-refractivity contribution in [2.75, 3.05) is 0 Å². The number of rotatable bonds is 5. The summed E-state index contributed by atoms with van der Waals surface area (Å²) in [5, 5.41) is 33.9. The molecule has 0 saturated carbocycles. The van der Waals surface area contributed by atoms with Gasteiger partial charge in [0.15, 0.2) is 0 Å². The van der Waals surface area contributed by atoms with E-state index in [9.17, 15) is 25.9 Å². The van der Waals surface area contributed by atoms with E-state index in [1.54, 1.807) is 0 Å². The maximum atomic E-state index is 9.86. The van der Waals surface area contributed by atoms with Crippen molar-refractivity contribution in [3.8, 4) is 0 Å². The first-order chi connectivity index (χ1) is 6.66. The van der Waals surface area contributed by atoms with Gasteiger partial charge in [-0.2, -0.15) is 0 Å². The van der Waals surface area contributed by atoms with Gasteiger partial charge in [-0.05, 0) is 0 Å². The fraction of sp³-hybridized carbons (Fsp3) is 1.00. The summed E-state index contributed by atoms with van der Waals surface area (Å²) >= 11 is 0. The predicted octanol–water partition coefficient (Wildman–Crippen LogP) is -10.8. The van der Waals surface area contributed by atoms with Gasteiger partial charge in [-0.15, -0.1) is 0 Å². The van der Waals surface area contributed by atoms with Crippen LogP contribution in [0.1, 0.15) is 0 Å². The van der Waals surface area contributed by atoms with Crippen LogP contribution in [0, 0.1) is 0 Å². The van der Waals surface area contributed by atoms with Crippen LogP contribution in [-0.4, -0.2) is 58.3 Å². The molecule has 0 heterocycles. The van der Waals surface area contributed by atoms with Gasteiger partial charge in [0, 0.05) is 0 Å². The molecule has 0 aliphatic heterocycles. The molecule has 98 valence electrons. The smallest absolute Gasteiger partial charge is 0.725 e. The summed E-state index contributed by atoms with van der Waals surface area (Å²) in [7, 11) is -11.7. The molecule has 0 rings (SSSR count). The van der Waals surface area contributed by atoms with Crippen LogP contribution >= 0.6 is 0 Å². The first-order valence-electron chi connectivity index (χ1n) is 2.89. The SMILES string of the molecule is O=S(=O)([O-])OC(O)(O)C(O)(O)OS(=O)(=O)[O-].[Na+].[Na+]. The molecule has 0 saturated heterocycles. The van der Waals surface area contributed by atoms with Crippen molar-refractivity contribution in [1.82, 2.24) is 0 Å². The van der Waals surface area contributed by atoms with Crippen molar-refractivity contribution in [1.29, 1.82) is 0 Å². The molecule has 16 heteroatoms. The summed E-state index contributed by atoms with van der Waals surface area (Å²) in [6, 6.07) is 0. The van der Waals surface area contributed by atoms with Gasteiger partial charge in [-0.1, -0.05) is 0 Å². The number of hydrogen-bond acceptors (Lipinski definition) is 12. The maximum absolute atomic E-state index is 9.86. The standard InChI is InChI=1S/C2H6O12S2.2Na/c3-1(4,13-15(7,8)9)2(5,6)14-16(10,11)12;;/h3-6H,(H,7,8,9)(H,10,11,12);;/q;2*+1/p-2. The average Bonchev–Trinajstić information content (AvgIpc) is 1.72. The Hall–Kier alpha value is 1.58. The molecule has 0 fully saturated rings. The van der Waals surface area contributed by atoms with E-state index in [0.717, 1.165) is 0 Å². The molecule has 0 unspecified atom stereocenters.